The molecule has 1 aliphatic heterocycles. The summed E-state index contributed by atoms with van der Waals surface area (Å²) in [4.78, 5) is 23.9. The summed E-state index contributed by atoms with van der Waals surface area (Å²) in [6, 6.07) is 4.68. The Balaban J connectivity index is 2.07. The van der Waals surface area contributed by atoms with Gasteiger partial charge in [0.15, 0.2) is 0 Å². The highest BCUT2D eigenvalue weighted by atomic mass is 16.2. The lowest BCUT2D eigenvalue weighted by Crippen LogP contribution is -2.45. The molecule has 0 spiro atoms. The van der Waals surface area contributed by atoms with Gasteiger partial charge >= 0.3 is 0 Å². The number of carbonyl (C=O) groups is 2. The van der Waals surface area contributed by atoms with Crippen molar-refractivity contribution in [1.82, 2.24) is 10.6 Å². The molecule has 5 heteroatoms. The summed E-state index contributed by atoms with van der Waals surface area (Å²) in [5, 5.41) is 5.58. The fraction of sp³-hybridized carbons (Fsp3) is 0.429. The first-order valence-corrected chi connectivity index (χ1v) is 6.52. The lowest BCUT2D eigenvalue weighted by atomic mass is 10.1. The number of nitrogens with one attached hydrogen (secondary N) is 2. The number of hydrogen-bond donors (Lipinski definition) is 3. The monoisotopic (exact) mass is 261 g/mol. The third kappa shape index (κ3) is 3.24. The average Bonchev–Trinajstić information content (AvgIpc) is 2.58. The smallest absolute Gasteiger partial charge is 0.251 e. The minimum absolute atomic E-state index is 0.0991. The number of hydrogen-bond acceptors (Lipinski definition) is 3. The van der Waals surface area contributed by atoms with Crippen molar-refractivity contribution in [1.29, 1.82) is 0 Å². The summed E-state index contributed by atoms with van der Waals surface area (Å²) in [5.41, 5.74) is 7.77. The van der Waals surface area contributed by atoms with Crippen LogP contribution in [0.3, 0.4) is 0 Å². The highest BCUT2D eigenvalue weighted by molar-refractivity contribution is 5.98. The normalized spacial score (nSPS) is 19.4. The maximum Gasteiger partial charge on any atom is 0.251 e. The second kappa shape index (κ2) is 5.73. The molecule has 1 aliphatic rings. The summed E-state index contributed by atoms with van der Waals surface area (Å²) in [6.07, 6.45) is 2.58. The van der Waals surface area contributed by atoms with Crippen molar-refractivity contribution < 1.29 is 9.59 Å². The van der Waals surface area contributed by atoms with Crippen molar-refractivity contribution in [3.8, 4) is 0 Å². The Morgan fingerprint density at radius 2 is 2.21 bits per heavy atom. The van der Waals surface area contributed by atoms with Crippen LogP contribution in [-0.4, -0.2) is 24.4 Å². The number of rotatable bonds is 2. The molecule has 0 aromatic heterocycles. The lowest BCUT2D eigenvalue weighted by molar-refractivity contribution is -0.122. The number of amides is 2. The maximum absolute atomic E-state index is 12.1. The molecule has 1 atom stereocenters. The third-order valence-electron chi connectivity index (χ3n) is 3.37. The van der Waals surface area contributed by atoms with E-state index in [9.17, 15) is 9.59 Å². The van der Waals surface area contributed by atoms with E-state index in [4.69, 9.17) is 5.73 Å². The van der Waals surface area contributed by atoms with E-state index in [0.29, 0.717) is 24.2 Å². The minimum atomic E-state index is -0.437. The predicted molar refractivity (Wildman–Crippen MR) is 73.7 cm³/mol. The Morgan fingerprint density at radius 1 is 1.42 bits per heavy atom. The van der Waals surface area contributed by atoms with Crippen molar-refractivity contribution in [2.24, 2.45) is 0 Å². The van der Waals surface area contributed by atoms with Crippen LogP contribution in [0.1, 0.15) is 35.2 Å². The summed E-state index contributed by atoms with van der Waals surface area (Å²) >= 11 is 0. The number of benzene rings is 1. The summed E-state index contributed by atoms with van der Waals surface area (Å²) in [7, 11) is 0. The van der Waals surface area contributed by atoms with Crippen LogP contribution in [-0.2, 0) is 4.79 Å². The Morgan fingerprint density at radius 3 is 2.95 bits per heavy atom. The van der Waals surface area contributed by atoms with Crippen LogP contribution in [0.4, 0.5) is 5.69 Å². The van der Waals surface area contributed by atoms with Crippen LogP contribution in [0.2, 0.25) is 0 Å². The van der Waals surface area contributed by atoms with Gasteiger partial charge in [0.2, 0.25) is 5.91 Å². The molecule has 0 bridgehead atoms. The van der Waals surface area contributed by atoms with Gasteiger partial charge in [0.1, 0.15) is 6.04 Å². The predicted octanol–water partition coefficient (Wildman–Crippen LogP) is 0.976. The highest BCUT2D eigenvalue weighted by Gasteiger charge is 2.22. The average molecular weight is 261 g/mol. The second-order valence-corrected chi connectivity index (χ2v) is 4.88. The van der Waals surface area contributed by atoms with Gasteiger partial charge in [-0.3, -0.25) is 9.59 Å². The van der Waals surface area contributed by atoms with Gasteiger partial charge in [-0.1, -0.05) is 0 Å². The van der Waals surface area contributed by atoms with Crippen LogP contribution in [0.5, 0.6) is 0 Å². The van der Waals surface area contributed by atoms with E-state index < -0.39 is 6.04 Å². The Hall–Kier alpha value is -2.04. The molecule has 1 heterocycles. The summed E-state index contributed by atoms with van der Waals surface area (Å²) in [6.45, 7) is 2.54. The first kappa shape index (κ1) is 13.4. The van der Waals surface area contributed by atoms with Gasteiger partial charge in [0, 0.05) is 17.8 Å². The van der Waals surface area contributed by atoms with Gasteiger partial charge in [0.25, 0.3) is 5.91 Å². The van der Waals surface area contributed by atoms with Gasteiger partial charge in [-0.15, -0.1) is 0 Å². The van der Waals surface area contributed by atoms with Gasteiger partial charge in [-0.2, -0.15) is 0 Å². The van der Waals surface area contributed by atoms with E-state index in [0.717, 1.165) is 18.4 Å². The molecule has 19 heavy (non-hydrogen) atoms. The first-order chi connectivity index (χ1) is 9.08. The molecular weight excluding hydrogens is 242 g/mol. The van der Waals surface area contributed by atoms with Gasteiger partial charge in [-0.05, 0) is 49.9 Å². The number of carbonyl (C=O) groups excluding carboxylic acids is 2. The highest BCUT2D eigenvalue weighted by Crippen LogP contribution is 2.13. The molecule has 2 amide bonds. The number of nitrogens with two attached hydrogens (primary N) is 1. The van der Waals surface area contributed by atoms with E-state index in [-0.39, 0.29) is 11.8 Å². The Labute approximate surface area is 112 Å². The van der Waals surface area contributed by atoms with E-state index in [1.807, 2.05) is 6.92 Å². The molecule has 0 radical (unpaired) electrons. The quantitative estimate of drug-likeness (QED) is 0.694. The molecule has 1 unspecified atom stereocenters. The molecule has 1 aromatic rings. The Bertz CT molecular complexity index is 499. The topological polar surface area (TPSA) is 84.2 Å². The molecule has 5 nitrogen and oxygen atoms in total. The van der Waals surface area contributed by atoms with Gasteiger partial charge in [-0.25, -0.2) is 0 Å². The number of nitrogen functional groups attached to an aromatic ring is 1. The zero-order valence-corrected chi connectivity index (χ0v) is 11.0. The zero-order chi connectivity index (χ0) is 13.8. The maximum atomic E-state index is 12.1. The molecule has 0 aliphatic carbocycles. The first-order valence-electron chi connectivity index (χ1n) is 6.52. The van der Waals surface area contributed by atoms with E-state index in [1.54, 1.807) is 18.2 Å². The SMILES string of the molecule is Cc1cc(C(=O)NC2CCCCNC2=O)ccc1N. The van der Waals surface area contributed by atoms with Crippen LogP contribution in [0.15, 0.2) is 18.2 Å². The summed E-state index contributed by atoms with van der Waals surface area (Å²) in [5.74, 6) is -0.330. The fourth-order valence-electron chi connectivity index (χ4n) is 2.14. The van der Waals surface area contributed by atoms with Crippen molar-refractivity contribution in [2.75, 3.05) is 12.3 Å². The van der Waals surface area contributed by atoms with Crippen molar-refractivity contribution in [3.63, 3.8) is 0 Å². The molecule has 2 rings (SSSR count). The summed E-state index contributed by atoms with van der Waals surface area (Å²) < 4.78 is 0. The molecule has 4 N–H and O–H groups in total. The molecule has 0 saturated carbocycles. The molecular formula is C14H19N3O2. The third-order valence-corrected chi connectivity index (χ3v) is 3.37. The molecule has 1 aromatic carbocycles. The van der Waals surface area contributed by atoms with Crippen molar-refractivity contribution in [2.45, 2.75) is 32.2 Å². The second-order valence-electron chi connectivity index (χ2n) is 4.88. The standard InChI is InChI=1S/C14H19N3O2/c1-9-8-10(5-6-11(9)15)13(18)17-12-4-2-3-7-16-14(12)19/h5-6,8,12H,2-4,7,15H2,1H3,(H,16,19)(H,17,18). The molecule has 1 fully saturated rings. The zero-order valence-electron chi connectivity index (χ0n) is 11.0. The largest absolute Gasteiger partial charge is 0.399 e. The van der Waals surface area contributed by atoms with Crippen LogP contribution < -0.4 is 16.4 Å². The van der Waals surface area contributed by atoms with E-state index in [1.165, 1.54) is 0 Å². The molecule has 102 valence electrons. The van der Waals surface area contributed by atoms with Crippen molar-refractivity contribution in [3.05, 3.63) is 29.3 Å². The lowest BCUT2D eigenvalue weighted by Gasteiger charge is -2.15. The van der Waals surface area contributed by atoms with Crippen LogP contribution >= 0.6 is 0 Å². The van der Waals surface area contributed by atoms with Gasteiger partial charge in [0.05, 0.1) is 0 Å². The fourth-order valence-corrected chi connectivity index (χ4v) is 2.14. The number of anilines is 1. The van der Waals surface area contributed by atoms with E-state index in [2.05, 4.69) is 10.6 Å². The van der Waals surface area contributed by atoms with Crippen molar-refractivity contribution >= 4 is 17.5 Å². The van der Waals surface area contributed by atoms with Crippen LogP contribution in [0, 0.1) is 6.92 Å². The van der Waals surface area contributed by atoms with E-state index >= 15 is 0 Å². The minimum Gasteiger partial charge on any atom is -0.399 e. The Kier molecular flexibility index (Phi) is 4.04. The van der Waals surface area contributed by atoms with Gasteiger partial charge < -0.3 is 16.4 Å². The van der Waals surface area contributed by atoms with Crippen LogP contribution in [0.25, 0.3) is 0 Å². The number of aryl methyl sites for hydroxylation is 1. The molecule has 1 saturated heterocycles.